The Labute approximate surface area is 167 Å². The molecule has 0 N–H and O–H groups in total. The number of thioether (sulfide) groups is 1. The number of nitrogens with zero attached hydrogens (tertiary/aromatic N) is 3. The number of rotatable bonds is 6. The van der Waals surface area contributed by atoms with E-state index in [9.17, 15) is 4.79 Å². The largest absolute Gasteiger partial charge is 0.493 e. The van der Waals surface area contributed by atoms with Gasteiger partial charge in [0.15, 0.2) is 5.16 Å². The fraction of sp³-hybridized carbons (Fsp3) is 0.136. The molecule has 140 valence electrons. The molecule has 4 aromatic rings. The first kappa shape index (κ1) is 18.3. The van der Waals surface area contributed by atoms with Gasteiger partial charge in [0.25, 0.3) is 5.56 Å². The standard InChI is InChI=1S/C22H19N3O2S/c1-16-8-10-18(11-9-16)27-13-14-28-22-24-20-7-3-2-6-19(20)21(26)25(22)17-5-4-12-23-15-17/h2-12,15H,13-14H2,1H3. The number of aryl methyl sites for hydroxylation is 1. The van der Waals surface area contributed by atoms with Crippen LogP contribution >= 0.6 is 11.8 Å². The van der Waals surface area contributed by atoms with E-state index in [4.69, 9.17) is 9.72 Å². The maximum absolute atomic E-state index is 13.1. The van der Waals surface area contributed by atoms with E-state index in [1.54, 1.807) is 23.0 Å². The summed E-state index contributed by atoms with van der Waals surface area (Å²) in [4.78, 5) is 21.9. The van der Waals surface area contributed by atoms with Gasteiger partial charge >= 0.3 is 0 Å². The van der Waals surface area contributed by atoms with Crippen molar-refractivity contribution in [2.45, 2.75) is 12.1 Å². The molecule has 0 radical (unpaired) electrons. The Balaban J connectivity index is 1.60. The van der Waals surface area contributed by atoms with Crippen LogP contribution in [0.15, 0.2) is 83.0 Å². The van der Waals surface area contributed by atoms with Crippen LogP contribution in [0.5, 0.6) is 5.75 Å². The van der Waals surface area contributed by atoms with Crippen LogP contribution in [0.1, 0.15) is 5.56 Å². The van der Waals surface area contributed by atoms with Crippen molar-refractivity contribution in [3.05, 3.63) is 89.0 Å². The number of pyridine rings is 1. The van der Waals surface area contributed by atoms with Crippen LogP contribution < -0.4 is 10.3 Å². The van der Waals surface area contributed by atoms with Gasteiger partial charge < -0.3 is 4.74 Å². The lowest BCUT2D eigenvalue weighted by molar-refractivity contribution is 0.344. The zero-order valence-corrected chi connectivity index (χ0v) is 16.2. The smallest absolute Gasteiger partial charge is 0.266 e. The second-order valence-corrected chi connectivity index (χ2v) is 7.34. The molecule has 0 saturated carbocycles. The lowest BCUT2D eigenvalue weighted by Gasteiger charge is -2.13. The molecule has 2 aromatic carbocycles. The quantitative estimate of drug-likeness (QED) is 0.280. The van der Waals surface area contributed by atoms with E-state index in [-0.39, 0.29) is 5.56 Å². The van der Waals surface area contributed by atoms with Crippen molar-refractivity contribution in [3.63, 3.8) is 0 Å². The fourth-order valence-corrected chi connectivity index (χ4v) is 3.68. The summed E-state index contributed by atoms with van der Waals surface area (Å²) in [6.45, 7) is 2.56. The average molecular weight is 389 g/mol. The highest BCUT2D eigenvalue weighted by atomic mass is 32.2. The van der Waals surface area contributed by atoms with Crippen LogP contribution in [-0.2, 0) is 0 Å². The molecule has 2 heterocycles. The first-order valence-corrected chi connectivity index (χ1v) is 9.95. The summed E-state index contributed by atoms with van der Waals surface area (Å²) in [5.41, 5.74) is 2.49. The minimum Gasteiger partial charge on any atom is -0.493 e. The summed E-state index contributed by atoms with van der Waals surface area (Å²) in [7, 11) is 0. The Morgan fingerprint density at radius 2 is 1.86 bits per heavy atom. The topological polar surface area (TPSA) is 57.0 Å². The van der Waals surface area contributed by atoms with Gasteiger partial charge in [0.05, 0.1) is 29.4 Å². The first-order valence-electron chi connectivity index (χ1n) is 8.97. The predicted octanol–water partition coefficient (Wildman–Crippen LogP) is 4.26. The third kappa shape index (κ3) is 3.92. The van der Waals surface area contributed by atoms with Crippen LogP contribution in [0.4, 0.5) is 0 Å². The number of ether oxygens (including phenoxy) is 1. The van der Waals surface area contributed by atoms with Crippen molar-refractivity contribution >= 4 is 22.7 Å². The summed E-state index contributed by atoms with van der Waals surface area (Å²) in [6.07, 6.45) is 3.36. The van der Waals surface area contributed by atoms with Crippen LogP contribution in [0, 0.1) is 6.92 Å². The van der Waals surface area contributed by atoms with Gasteiger partial charge in [0, 0.05) is 11.9 Å². The molecule has 0 atom stereocenters. The van der Waals surface area contributed by atoms with Crippen LogP contribution in [-0.4, -0.2) is 26.9 Å². The summed E-state index contributed by atoms with van der Waals surface area (Å²) < 4.78 is 7.41. The van der Waals surface area contributed by atoms with Crippen molar-refractivity contribution in [1.29, 1.82) is 0 Å². The highest BCUT2D eigenvalue weighted by Crippen LogP contribution is 2.21. The maximum Gasteiger partial charge on any atom is 0.266 e. The Kier molecular flexibility index (Phi) is 5.39. The van der Waals surface area contributed by atoms with Crippen molar-refractivity contribution in [2.75, 3.05) is 12.4 Å². The average Bonchev–Trinajstić information content (AvgIpc) is 2.73. The minimum atomic E-state index is -0.0967. The monoisotopic (exact) mass is 389 g/mol. The van der Waals surface area contributed by atoms with Gasteiger partial charge in [-0.3, -0.25) is 14.3 Å². The molecule has 0 aliphatic heterocycles. The SMILES string of the molecule is Cc1ccc(OCCSc2nc3ccccc3c(=O)n2-c2cccnc2)cc1. The zero-order valence-electron chi connectivity index (χ0n) is 15.4. The number of hydrogen-bond donors (Lipinski definition) is 0. The highest BCUT2D eigenvalue weighted by Gasteiger charge is 2.13. The van der Waals surface area contributed by atoms with Gasteiger partial charge in [-0.25, -0.2) is 4.98 Å². The molecule has 4 rings (SSSR count). The summed E-state index contributed by atoms with van der Waals surface area (Å²) in [5, 5.41) is 1.22. The predicted molar refractivity (Wildman–Crippen MR) is 113 cm³/mol. The van der Waals surface area contributed by atoms with Crippen molar-refractivity contribution in [1.82, 2.24) is 14.5 Å². The molecule has 0 bridgehead atoms. The molecule has 0 aliphatic carbocycles. The normalized spacial score (nSPS) is 10.9. The lowest BCUT2D eigenvalue weighted by Crippen LogP contribution is -2.22. The van der Waals surface area contributed by atoms with Crippen LogP contribution in [0.3, 0.4) is 0 Å². The van der Waals surface area contributed by atoms with Gasteiger partial charge in [0.2, 0.25) is 0 Å². The second kappa shape index (κ2) is 8.27. The first-order chi connectivity index (χ1) is 13.7. The second-order valence-electron chi connectivity index (χ2n) is 6.27. The van der Waals surface area contributed by atoms with E-state index in [0.29, 0.717) is 34.1 Å². The van der Waals surface area contributed by atoms with Crippen molar-refractivity contribution < 1.29 is 4.74 Å². The van der Waals surface area contributed by atoms with Gasteiger partial charge in [0.1, 0.15) is 5.75 Å². The number of benzene rings is 2. The molecule has 28 heavy (non-hydrogen) atoms. The van der Waals surface area contributed by atoms with Gasteiger partial charge in [-0.2, -0.15) is 0 Å². The number of para-hydroxylation sites is 1. The Bertz CT molecular complexity index is 1140. The molecule has 0 fully saturated rings. The van der Waals surface area contributed by atoms with Crippen LogP contribution in [0.2, 0.25) is 0 Å². The third-order valence-corrected chi connectivity index (χ3v) is 5.16. The van der Waals surface area contributed by atoms with E-state index in [2.05, 4.69) is 4.98 Å². The van der Waals surface area contributed by atoms with Crippen molar-refractivity contribution in [3.8, 4) is 11.4 Å². The van der Waals surface area contributed by atoms with E-state index >= 15 is 0 Å². The Morgan fingerprint density at radius 1 is 1.04 bits per heavy atom. The molecular weight excluding hydrogens is 370 g/mol. The van der Waals surface area contributed by atoms with Gasteiger partial charge in [-0.15, -0.1) is 0 Å². The molecule has 6 heteroatoms. The van der Waals surface area contributed by atoms with E-state index < -0.39 is 0 Å². The molecule has 0 aliphatic rings. The lowest BCUT2D eigenvalue weighted by atomic mass is 10.2. The Morgan fingerprint density at radius 3 is 2.64 bits per heavy atom. The minimum absolute atomic E-state index is 0.0967. The molecule has 0 amide bonds. The maximum atomic E-state index is 13.1. The Hall–Kier alpha value is -3.12. The van der Waals surface area contributed by atoms with Crippen LogP contribution in [0.25, 0.3) is 16.6 Å². The molecule has 0 saturated heterocycles. The number of hydrogen-bond acceptors (Lipinski definition) is 5. The molecule has 2 aromatic heterocycles. The van der Waals surface area contributed by atoms with Gasteiger partial charge in [-0.05, 0) is 43.3 Å². The summed E-state index contributed by atoms with van der Waals surface area (Å²) in [6, 6.07) is 19.0. The zero-order chi connectivity index (χ0) is 19.3. The molecule has 0 unspecified atom stereocenters. The number of aromatic nitrogens is 3. The van der Waals surface area contributed by atoms with Crippen molar-refractivity contribution in [2.24, 2.45) is 0 Å². The van der Waals surface area contributed by atoms with E-state index in [1.807, 2.05) is 61.5 Å². The third-order valence-electron chi connectivity index (χ3n) is 4.25. The van der Waals surface area contributed by atoms with Gasteiger partial charge in [-0.1, -0.05) is 41.6 Å². The highest BCUT2D eigenvalue weighted by molar-refractivity contribution is 7.99. The number of fused-ring (bicyclic) bond motifs is 1. The molecular formula is C22H19N3O2S. The van der Waals surface area contributed by atoms with E-state index in [0.717, 1.165) is 5.75 Å². The summed E-state index contributed by atoms with van der Waals surface area (Å²) >= 11 is 1.49. The summed E-state index contributed by atoms with van der Waals surface area (Å²) in [5.74, 6) is 1.50. The van der Waals surface area contributed by atoms with E-state index in [1.165, 1.54) is 17.3 Å². The molecule has 0 spiro atoms. The fourth-order valence-electron chi connectivity index (χ4n) is 2.85. The molecule has 5 nitrogen and oxygen atoms in total.